The van der Waals surface area contributed by atoms with Crippen LogP contribution in [0, 0.1) is 17.3 Å². The van der Waals surface area contributed by atoms with Gasteiger partial charge < -0.3 is 10.0 Å². The minimum absolute atomic E-state index is 0.497. The lowest BCUT2D eigenvalue weighted by Gasteiger charge is -2.39. The molecule has 1 aliphatic rings. The van der Waals surface area contributed by atoms with E-state index in [0.29, 0.717) is 18.4 Å². The monoisotopic (exact) mass is 255 g/mol. The Hall–Kier alpha value is -0.570. The van der Waals surface area contributed by atoms with Crippen LogP contribution in [0.2, 0.25) is 0 Å². The van der Waals surface area contributed by atoms with E-state index in [1.807, 2.05) is 0 Å². The standard InChI is InChI=1S/C15H29NO2/c1-12(2)7-9-16(4)11-15(14(17)18)8-5-6-13(3)10-15/h12-13H,5-11H2,1-4H3,(H,17,18). The predicted molar refractivity (Wildman–Crippen MR) is 74.7 cm³/mol. The van der Waals surface area contributed by atoms with E-state index in [0.717, 1.165) is 32.2 Å². The van der Waals surface area contributed by atoms with Gasteiger partial charge in [-0.05, 0) is 44.7 Å². The maximum absolute atomic E-state index is 11.7. The van der Waals surface area contributed by atoms with Crippen molar-refractivity contribution < 1.29 is 9.90 Å². The summed E-state index contributed by atoms with van der Waals surface area (Å²) in [6.07, 6.45) is 5.07. The molecule has 18 heavy (non-hydrogen) atoms. The van der Waals surface area contributed by atoms with Gasteiger partial charge in [-0.25, -0.2) is 0 Å². The van der Waals surface area contributed by atoms with Gasteiger partial charge in [-0.2, -0.15) is 0 Å². The van der Waals surface area contributed by atoms with Crippen molar-refractivity contribution in [3.63, 3.8) is 0 Å². The van der Waals surface area contributed by atoms with Crippen molar-refractivity contribution in [3.05, 3.63) is 0 Å². The van der Waals surface area contributed by atoms with Gasteiger partial charge in [0, 0.05) is 6.54 Å². The molecule has 2 atom stereocenters. The van der Waals surface area contributed by atoms with Crippen LogP contribution in [0.15, 0.2) is 0 Å². The molecule has 106 valence electrons. The average molecular weight is 255 g/mol. The third-order valence-electron chi connectivity index (χ3n) is 4.21. The summed E-state index contributed by atoms with van der Waals surface area (Å²) in [6.45, 7) is 8.32. The van der Waals surface area contributed by atoms with Crippen molar-refractivity contribution in [2.45, 2.75) is 52.9 Å². The molecule has 0 radical (unpaired) electrons. The molecule has 0 aromatic heterocycles. The summed E-state index contributed by atoms with van der Waals surface area (Å²) >= 11 is 0. The lowest BCUT2D eigenvalue weighted by Crippen LogP contribution is -2.45. The van der Waals surface area contributed by atoms with Gasteiger partial charge in [-0.15, -0.1) is 0 Å². The van der Waals surface area contributed by atoms with Crippen LogP contribution in [0.3, 0.4) is 0 Å². The molecule has 0 aliphatic heterocycles. The zero-order chi connectivity index (χ0) is 13.8. The van der Waals surface area contributed by atoms with Crippen LogP contribution in [-0.4, -0.2) is 36.1 Å². The largest absolute Gasteiger partial charge is 0.481 e. The second-order valence-electron chi connectivity index (χ2n) is 6.71. The Morgan fingerprint density at radius 2 is 2.17 bits per heavy atom. The van der Waals surface area contributed by atoms with E-state index in [1.165, 1.54) is 6.42 Å². The van der Waals surface area contributed by atoms with Crippen LogP contribution in [0.25, 0.3) is 0 Å². The number of aliphatic carboxylic acids is 1. The Morgan fingerprint density at radius 3 is 2.67 bits per heavy atom. The summed E-state index contributed by atoms with van der Waals surface area (Å²) in [7, 11) is 2.06. The molecule has 0 aromatic carbocycles. The van der Waals surface area contributed by atoms with Crippen LogP contribution < -0.4 is 0 Å². The second kappa shape index (κ2) is 6.55. The summed E-state index contributed by atoms with van der Waals surface area (Å²) < 4.78 is 0. The highest BCUT2D eigenvalue weighted by Crippen LogP contribution is 2.40. The molecule has 0 heterocycles. The Kier molecular flexibility index (Phi) is 5.64. The number of hydrogen-bond acceptors (Lipinski definition) is 2. The normalized spacial score (nSPS) is 28.9. The Morgan fingerprint density at radius 1 is 1.50 bits per heavy atom. The molecular weight excluding hydrogens is 226 g/mol. The summed E-state index contributed by atoms with van der Waals surface area (Å²) in [5.74, 6) is 0.636. The van der Waals surface area contributed by atoms with E-state index in [-0.39, 0.29) is 0 Å². The molecule has 1 rings (SSSR count). The highest BCUT2D eigenvalue weighted by Gasteiger charge is 2.42. The van der Waals surface area contributed by atoms with Gasteiger partial charge in [0.15, 0.2) is 0 Å². The minimum atomic E-state index is -0.592. The fourth-order valence-corrected chi connectivity index (χ4v) is 3.14. The molecule has 3 heteroatoms. The smallest absolute Gasteiger partial charge is 0.310 e. The first kappa shape index (κ1) is 15.5. The zero-order valence-corrected chi connectivity index (χ0v) is 12.4. The lowest BCUT2D eigenvalue weighted by molar-refractivity contribution is -0.153. The molecule has 1 aliphatic carbocycles. The van der Waals surface area contributed by atoms with Gasteiger partial charge in [0.05, 0.1) is 5.41 Å². The van der Waals surface area contributed by atoms with E-state index in [1.54, 1.807) is 0 Å². The molecule has 0 aromatic rings. The van der Waals surface area contributed by atoms with Gasteiger partial charge in [0.25, 0.3) is 0 Å². The van der Waals surface area contributed by atoms with Gasteiger partial charge >= 0.3 is 5.97 Å². The molecule has 0 spiro atoms. The van der Waals surface area contributed by atoms with Gasteiger partial charge in [0.2, 0.25) is 0 Å². The van der Waals surface area contributed by atoms with Crippen molar-refractivity contribution in [3.8, 4) is 0 Å². The minimum Gasteiger partial charge on any atom is -0.481 e. The van der Waals surface area contributed by atoms with Crippen molar-refractivity contribution >= 4 is 5.97 Å². The Labute approximate surface area is 112 Å². The highest BCUT2D eigenvalue weighted by atomic mass is 16.4. The van der Waals surface area contributed by atoms with Crippen LogP contribution in [0.4, 0.5) is 0 Å². The SMILES string of the molecule is CC(C)CCN(C)CC1(C(=O)O)CCCC(C)C1. The van der Waals surface area contributed by atoms with Crippen LogP contribution in [0.1, 0.15) is 52.9 Å². The molecule has 2 unspecified atom stereocenters. The first-order valence-electron chi connectivity index (χ1n) is 7.27. The highest BCUT2D eigenvalue weighted by molar-refractivity contribution is 5.75. The first-order valence-corrected chi connectivity index (χ1v) is 7.27. The molecule has 1 fully saturated rings. The second-order valence-corrected chi connectivity index (χ2v) is 6.71. The van der Waals surface area contributed by atoms with Gasteiger partial charge in [-0.1, -0.05) is 33.6 Å². The predicted octanol–water partition coefficient (Wildman–Crippen LogP) is 3.25. The number of hydrogen-bond donors (Lipinski definition) is 1. The Balaban J connectivity index is 2.59. The van der Waals surface area contributed by atoms with E-state index in [2.05, 4.69) is 32.7 Å². The zero-order valence-electron chi connectivity index (χ0n) is 12.4. The summed E-state index contributed by atoms with van der Waals surface area (Å²) in [5, 5.41) is 9.61. The molecule has 1 N–H and O–H groups in total. The number of carbonyl (C=O) groups is 1. The summed E-state index contributed by atoms with van der Waals surface area (Å²) in [6, 6.07) is 0. The summed E-state index contributed by atoms with van der Waals surface area (Å²) in [4.78, 5) is 13.9. The number of nitrogens with zero attached hydrogens (tertiary/aromatic N) is 1. The van der Waals surface area contributed by atoms with Crippen molar-refractivity contribution in [2.24, 2.45) is 17.3 Å². The van der Waals surface area contributed by atoms with Crippen molar-refractivity contribution in [2.75, 3.05) is 20.1 Å². The van der Waals surface area contributed by atoms with Crippen LogP contribution >= 0.6 is 0 Å². The van der Waals surface area contributed by atoms with Gasteiger partial charge in [-0.3, -0.25) is 4.79 Å². The number of rotatable bonds is 6. The topological polar surface area (TPSA) is 40.5 Å². The van der Waals surface area contributed by atoms with Crippen LogP contribution in [0.5, 0.6) is 0 Å². The fourth-order valence-electron chi connectivity index (χ4n) is 3.14. The van der Waals surface area contributed by atoms with Crippen LogP contribution in [-0.2, 0) is 4.79 Å². The van der Waals surface area contributed by atoms with E-state index < -0.39 is 11.4 Å². The quantitative estimate of drug-likeness (QED) is 0.792. The molecular formula is C15H29NO2. The van der Waals surface area contributed by atoms with E-state index in [4.69, 9.17) is 0 Å². The first-order chi connectivity index (χ1) is 8.35. The molecule has 3 nitrogen and oxygen atoms in total. The number of carboxylic acids is 1. The Bertz CT molecular complexity index is 278. The van der Waals surface area contributed by atoms with E-state index >= 15 is 0 Å². The molecule has 0 amide bonds. The molecule has 1 saturated carbocycles. The third kappa shape index (κ3) is 4.27. The maximum Gasteiger partial charge on any atom is 0.310 e. The third-order valence-corrected chi connectivity index (χ3v) is 4.21. The average Bonchev–Trinajstić information content (AvgIpc) is 2.26. The number of carboxylic acid groups (broad SMARTS) is 1. The van der Waals surface area contributed by atoms with E-state index in [9.17, 15) is 9.90 Å². The van der Waals surface area contributed by atoms with Crippen molar-refractivity contribution in [1.82, 2.24) is 4.90 Å². The lowest BCUT2D eigenvalue weighted by atomic mass is 9.69. The van der Waals surface area contributed by atoms with Gasteiger partial charge in [0.1, 0.15) is 0 Å². The maximum atomic E-state index is 11.7. The molecule has 0 saturated heterocycles. The fraction of sp³-hybridized carbons (Fsp3) is 0.933. The summed E-state index contributed by atoms with van der Waals surface area (Å²) in [5.41, 5.74) is -0.497. The molecule has 0 bridgehead atoms. The van der Waals surface area contributed by atoms with Crippen molar-refractivity contribution in [1.29, 1.82) is 0 Å².